The minimum atomic E-state index is 0.556. The molecule has 0 bridgehead atoms. The van der Waals surface area contributed by atoms with E-state index in [1.807, 2.05) is 0 Å². The van der Waals surface area contributed by atoms with Gasteiger partial charge in [0, 0.05) is 18.6 Å². The second-order valence-corrected chi connectivity index (χ2v) is 2.97. The van der Waals surface area contributed by atoms with Gasteiger partial charge in [0.1, 0.15) is 0 Å². The van der Waals surface area contributed by atoms with Crippen molar-refractivity contribution in [2.24, 2.45) is 0 Å². The highest BCUT2D eigenvalue weighted by atomic mass is 15.2. The predicted molar refractivity (Wildman–Crippen MR) is 38.6 cm³/mol. The van der Waals surface area contributed by atoms with Gasteiger partial charge in [0.05, 0.1) is 0 Å². The molecule has 2 nitrogen and oxygen atoms in total. The van der Waals surface area contributed by atoms with Crippen LogP contribution in [0.2, 0.25) is 0 Å². The molecule has 0 spiro atoms. The Morgan fingerprint density at radius 1 is 1.44 bits per heavy atom. The topological polar surface area (TPSA) is 17.3 Å². The lowest BCUT2D eigenvalue weighted by Crippen LogP contribution is -2.35. The van der Waals surface area contributed by atoms with E-state index in [4.69, 9.17) is 0 Å². The maximum atomic E-state index is 4.40. The number of nitrogens with zero attached hydrogens (tertiary/aromatic N) is 2. The smallest absolute Gasteiger partial charge is 0.0373 e. The number of likely N-dealkylation sites (N-methyl/N-ethyl adjacent to an activating group) is 1. The molecule has 0 aliphatic carbocycles. The third kappa shape index (κ3) is 1.43. The second-order valence-electron chi connectivity index (χ2n) is 2.97. The van der Waals surface area contributed by atoms with Crippen molar-refractivity contribution in [1.82, 2.24) is 10.2 Å². The van der Waals surface area contributed by atoms with E-state index in [2.05, 4.69) is 31.2 Å². The molecular weight excluding hydrogens is 112 g/mol. The van der Waals surface area contributed by atoms with Crippen LogP contribution in [0.15, 0.2) is 0 Å². The highest BCUT2D eigenvalue weighted by Gasteiger charge is 2.24. The summed E-state index contributed by atoms with van der Waals surface area (Å²) >= 11 is 0. The van der Waals surface area contributed by atoms with Crippen molar-refractivity contribution in [2.45, 2.75) is 25.4 Å². The summed E-state index contributed by atoms with van der Waals surface area (Å²) in [5.41, 5.74) is 0. The van der Waals surface area contributed by atoms with Crippen LogP contribution in [-0.4, -0.2) is 37.6 Å². The van der Waals surface area contributed by atoms with Crippen molar-refractivity contribution < 1.29 is 0 Å². The molecule has 2 unspecified atom stereocenters. The molecule has 1 aliphatic rings. The van der Waals surface area contributed by atoms with Crippen LogP contribution in [-0.2, 0) is 0 Å². The Labute approximate surface area is 57.2 Å². The van der Waals surface area contributed by atoms with E-state index < -0.39 is 0 Å². The summed E-state index contributed by atoms with van der Waals surface area (Å²) in [4.78, 5) is 2.27. The van der Waals surface area contributed by atoms with E-state index in [1.54, 1.807) is 0 Å². The molecule has 0 N–H and O–H groups in total. The normalized spacial score (nSPS) is 36.0. The average Bonchev–Trinajstić information content (AvgIpc) is 2.13. The lowest BCUT2D eigenvalue weighted by atomic mass is 10.1. The first-order valence-electron chi connectivity index (χ1n) is 3.55. The first kappa shape index (κ1) is 7.03. The van der Waals surface area contributed by atoms with Crippen LogP contribution >= 0.6 is 0 Å². The Hall–Kier alpha value is -0.0800. The van der Waals surface area contributed by atoms with E-state index >= 15 is 0 Å². The fraction of sp³-hybridized carbons (Fsp3) is 1.00. The third-order valence-electron chi connectivity index (χ3n) is 2.06. The molecule has 1 rings (SSSR count). The van der Waals surface area contributed by atoms with Crippen molar-refractivity contribution in [1.29, 1.82) is 0 Å². The maximum absolute atomic E-state index is 4.40. The van der Waals surface area contributed by atoms with E-state index in [1.165, 1.54) is 6.42 Å². The van der Waals surface area contributed by atoms with Crippen LogP contribution in [0.5, 0.6) is 0 Å². The van der Waals surface area contributed by atoms with Gasteiger partial charge in [-0.1, -0.05) is 0 Å². The molecule has 1 radical (unpaired) electrons. The monoisotopic (exact) mass is 127 g/mol. The van der Waals surface area contributed by atoms with E-state index in [0.717, 1.165) is 6.54 Å². The molecule has 0 aromatic rings. The van der Waals surface area contributed by atoms with E-state index in [0.29, 0.717) is 12.1 Å². The Morgan fingerprint density at radius 3 is 2.33 bits per heavy atom. The highest BCUT2D eigenvalue weighted by Crippen LogP contribution is 2.11. The van der Waals surface area contributed by atoms with Gasteiger partial charge in [-0.05, 0) is 27.4 Å². The van der Waals surface area contributed by atoms with Crippen LogP contribution in [0.1, 0.15) is 13.3 Å². The summed E-state index contributed by atoms with van der Waals surface area (Å²) in [6.45, 7) is 3.25. The van der Waals surface area contributed by atoms with Gasteiger partial charge in [0.25, 0.3) is 0 Å². The Bertz CT molecular complexity index is 90.9. The van der Waals surface area contributed by atoms with Gasteiger partial charge in [-0.15, -0.1) is 0 Å². The zero-order valence-electron chi connectivity index (χ0n) is 6.46. The molecule has 1 fully saturated rings. The molecule has 2 atom stereocenters. The standard InChI is InChI=1S/C7H15N2/c1-6-7(9(2)3)4-5-8-6/h6-7H,4-5H2,1-3H3. The minimum absolute atomic E-state index is 0.556. The van der Waals surface area contributed by atoms with Crippen LogP contribution in [0.4, 0.5) is 0 Å². The molecule has 0 amide bonds. The quantitative estimate of drug-likeness (QED) is 0.495. The van der Waals surface area contributed by atoms with Gasteiger partial charge < -0.3 is 4.90 Å². The molecule has 1 heterocycles. The number of hydrogen-bond acceptors (Lipinski definition) is 1. The molecule has 0 aromatic heterocycles. The molecule has 0 saturated carbocycles. The lowest BCUT2D eigenvalue weighted by Gasteiger charge is -2.21. The summed E-state index contributed by atoms with van der Waals surface area (Å²) in [6.07, 6.45) is 1.24. The molecule has 2 heteroatoms. The third-order valence-corrected chi connectivity index (χ3v) is 2.06. The lowest BCUT2D eigenvalue weighted by molar-refractivity contribution is 0.276. The van der Waals surface area contributed by atoms with E-state index in [9.17, 15) is 0 Å². The van der Waals surface area contributed by atoms with Gasteiger partial charge >= 0.3 is 0 Å². The summed E-state index contributed by atoms with van der Waals surface area (Å²) < 4.78 is 0. The minimum Gasteiger partial charge on any atom is -0.305 e. The van der Waals surface area contributed by atoms with Gasteiger partial charge in [0.2, 0.25) is 0 Å². The summed E-state index contributed by atoms with van der Waals surface area (Å²) in [5, 5.41) is 4.40. The Balaban J connectivity index is 2.40. The zero-order chi connectivity index (χ0) is 6.85. The zero-order valence-corrected chi connectivity index (χ0v) is 6.46. The molecular formula is C7H15N2. The summed E-state index contributed by atoms with van der Waals surface area (Å²) in [7, 11) is 4.25. The van der Waals surface area contributed by atoms with Gasteiger partial charge in [-0.25, -0.2) is 5.32 Å². The van der Waals surface area contributed by atoms with E-state index in [-0.39, 0.29) is 0 Å². The van der Waals surface area contributed by atoms with Crippen LogP contribution in [0.3, 0.4) is 0 Å². The van der Waals surface area contributed by atoms with Crippen molar-refractivity contribution in [3.05, 3.63) is 0 Å². The molecule has 0 aromatic carbocycles. The van der Waals surface area contributed by atoms with Gasteiger partial charge in [0.15, 0.2) is 0 Å². The molecule has 9 heavy (non-hydrogen) atoms. The molecule has 1 saturated heterocycles. The number of rotatable bonds is 1. The van der Waals surface area contributed by atoms with Gasteiger partial charge in [-0.3, -0.25) is 0 Å². The summed E-state index contributed by atoms with van der Waals surface area (Å²) in [6, 6.07) is 1.25. The first-order chi connectivity index (χ1) is 4.22. The molecule has 1 aliphatic heterocycles. The Morgan fingerprint density at radius 2 is 2.11 bits per heavy atom. The van der Waals surface area contributed by atoms with Crippen LogP contribution < -0.4 is 5.32 Å². The van der Waals surface area contributed by atoms with Crippen molar-refractivity contribution in [3.63, 3.8) is 0 Å². The molecule has 53 valence electrons. The van der Waals surface area contributed by atoms with Crippen molar-refractivity contribution >= 4 is 0 Å². The van der Waals surface area contributed by atoms with Crippen molar-refractivity contribution in [3.8, 4) is 0 Å². The fourth-order valence-electron chi connectivity index (χ4n) is 1.46. The van der Waals surface area contributed by atoms with Crippen LogP contribution in [0, 0.1) is 0 Å². The summed E-state index contributed by atoms with van der Waals surface area (Å²) in [5.74, 6) is 0. The second kappa shape index (κ2) is 2.67. The SMILES string of the molecule is CC1[N]CCC1N(C)C. The number of hydrogen-bond donors (Lipinski definition) is 0. The Kier molecular flexibility index (Phi) is 2.09. The predicted octanol–water partition coefficient (Wildman–Crippen LogP) is 0.313. The van der Waals surface area contributed by atoms with Crippen molar-refractivity contribution in [2.75, 3.05) is 20.6 Å². The van der Waals surface area contributed by atoms with Crippen LogP contribution in [0.25, 0.3) is 0 Å². The average molecular weight is 127 g/mol. The maximum Gasteiger partial charge on any atom is 0.0373 e. The largest absolute Gasteiger partial charge is 0.305 e. The highest BCUT2D eigenvalue weighted by molar-refractivity contribution is 4.84. The first-order valence-corrected chi connectivity index (χ1v) is 3.55. The van der Waals surface area contributed by atoms with Gasteiger partial charge in [-0.2, -0.15) is 0 Å². The fourth-order valence-corrected chi connectivity index (χ4v) is 1.46.